The van der Waals surface area contributed by atoms with Gasteiger partial charge in [-0.15, -0.1) is 0 Å². The zero-order valence-corrected chi connectivity index (χ0v) is 10.0. The third kappa shape index (κ3) is 2.24. The Hall–Kier alpha value is -0.880. The summed E-state index contributed by atoms with van der Waals surface area (Å²) < 4.78 is 5.41. The first-order valence-corrected chi connectivity index (χ1v) is 6.32. The Morgan fingerprint density at radius 1 is 1.41 bits per heavy atom. The van der Waals surface area contributed by atoms with E-state index in [9.17, 15) is 0 Å². The maximum absolute atomic E-state index is 5.72. The van der Waals surface area contributed by atoms with Gasteiger partial charge < -0.3 is 4.42 Å². The summed E-state index contributed by atoms with van der Waals surface area (Å²) in [4.78, 5) is 5.07. The van der Waals surface area contributed by atoms with Crippen LogP contribution in [-0.4, -0.2) is 54.6 Å². The van der Waals surface area contributed by atoms with Gasteiger partial charge in [-0.2, -0.15) is 0 Å². The van der Waals surface area contributed by atoms with Crippen molar-refractivity contribution in [3.8, 4) is 0 Å². The van der Waals surface area contributed by atoms with Crippen LogP contribution >= 0.6 is 0 Å². The van der Waals surface area contributed by atoms with Crippen LogP contribution in [0.3, 0.4) is 0 Å². The molecule has 4 heterocycles. The van der Waals surface area contributed by atoms with Crippen molar-refractivity contribution in [3.05, 3.63) is 24.2 Å². The van der Waals surface area contributed by atoms with Crippen molar-refractivity contribution in [2.45, 2.75) is 18.5 Å². The van der Waals surface area contributed by atoms with Gasteiger partial charge in [-0.25, -0.2) is 0 Å². The van der Waals surface area contributed by atoms with E-state index in [0.717, 1.165) is 18.7 Å². The number of hydrazine groups is 1. The van der Waals surface area contributed by atoms with Crippen LogP contribution in [0.5, 0.6) is 0 Å². The molecule has 5 heteroatoms. The molecule has 2 unspecified atom stereocenters. The van der Waals surface area contributed by atoms with E-state index >= 15 is 0 Å². The van der Waals surface area contributed by atoms with Crippen LogP contribution in [0.4, 0.5) is 0 Å². The van der Waals surface area contributed by atoms with Crippen molar-refractivity contribution in [1.29, 1.82) is 0 Å². The number of hydrogen-bond donors (Lipinski definition) is 2. The second-order valence-electron chi connectivity index (χ2n) is 4.96. The van der Waals surface area contributed by atoms with E-state index in [-0.39, 0.29) is 6.04 Å². The van der Waals surface area contributed by atoms with Gasteiger partial charge in [0.2, 0.25) is 0 Å². The molecule has 94 valence electrons. The molecule has 1 aromatic heterocycles. The lowest BCUT2D eigenvalue weighted by atomic mass is 9.97. The SMILES string of the molecule is NNC(Cc1ccco1)C1CN2CCN1CC2. The van der Waals surface area contributed by atoms with Gasteiger partial charge in [0.25, 0.3) is 0 Å². The lowest BCUT2D eigenvalue weighted by Crippen LogP contribution is -2.67. The number of nitrogens with zero attached hydrogens (tertiary/aromatic N) is 2. The molecule has 2 atom stereocenters. The van der Waals surface area contributed by atoms with E-state index in [1.807, 2.05) is 12.1 Å². The van der Waals surface area contributed by atoms with Crippen molar-refractivity contribution in [2.24, 2.45) is 5.84 Å². The molecule has 5 nitrogen and oxygen atoms in total. The summed E-state index contributed by atoms with van der Waals surface area (Å²) in [6.07, 6.45) is 2.58. The van der Waals surface area contributed by atoms with Crippen LogP contribution in [0, 0.1) is 0 Å². The summed E-state index contributed by atoms with van der Waals surface area (Å²) in [6, 6.07) is 4.72. The number of furan rings is 1. The molecule has 0 amide bonds. The lowest BCUT2D eigenvalue weighted by molar-refractivity contribution is -0.00382. The highest BCUT2D eigenvalue weighted by atomic mass is 16.3. The predicted molar refractivity (Wildman–Crippen MR) is 65.3 cm³/mol. The topological polar surface area (TPSA) is 57.7 Å². The molecule has 4 rings (SSSR count). The van der Waals surface area contributed by atoms with Crippen LogP contribution in [0.2, 0.25) is 0 Å². The summed E-state index contributed by atoms with van der Waals surface area (Å²) in [5.74, 6) is 6.72. The van der Waals surface area contributed by atoms with Crippen LogP contribution < -0.4 is 11.3 Å². The number of nitrogens with one attached hydrogen (secondary N) is 1. The third-order valence-corrected chi connectivity index (χ3v) is 4.00. The van der Waals surface area contributed by atoms with E-state index in [1.165, 1.54) is 26.2 Å². The van der Waals surface area contributed by atoms with Crippen molar-refractivity contribution < 1.29 is 4.42 Å². The van der Waals surface area contributed by atoms with Gasteiger partial charge in [0.05, 0.1) is 6.26 Å². The summed E-state index contributed by atoms with van der Waals surface area (Å²) in [6.45, 7) is 5.86. The molecule has 1 aromatic rings. The number of hydrogen-bond acceptors (Lipinski definition) is 5. The lowest BCUT2D eigenvalue weighted by Gasteiger charge is -2.49. The normalized spacial score (nSPS) is 33.8. The van der Waals surface area contributed by atoms with Gasteiger partial charge >= 0.3 is 0 Å². The fourth-order valence-corrected chi connectivity index (χ4v) is 2.99. The van der Waals surface area contributed by atoms with E-state index in [4.69, 9.17) is 10.3 Å². The second kappa shape index (κ2) is 4.78. The zero-order valence-electron chi connectivity index (χ0n) is 10.0. The van der Waals surface area contributed by atoms with Gasteiger partial charge in [0.1, 0.15) is 5.76 Å². The van der Waals surface area contributed by atoms with Crippen molar-refractivity contribution in [3.63, 3.8) is 0 Å². The van der Waals surface area contributed by atoms with E-state index in [1.54, 1.807) is 6.26 Å². The van der Waals surface area contributed by atoms with E-state index in [2.05, 4.69) is 15.2 Å². The Morgan fingerprint density at radius 2 is 2.24 bits per heavy atom. The summed E-state index contributed by atoms with van der Waals surface area (Å²) in [7, 11) is 0. The van der Waals surface area contributed by atoms with E-state index < -0.39 is 0 Å². The highest BCUT2D eigenvalue weighted by Crippen LogP contribution is 2.20. The zero-order chi connectivity index (χ0) is 11.7. The highest BCUT2D eigenvalue weighted by Gasteiger charge is 2.36. The van der Waals surface area contributed by atoms with Crippen molar-refractivity contribution in [2.75, 3.05) is 32.7 Å². The average molecular weight is 236 g/mol. The first kappa shape index (κ1) is 11.2. The first-order chi connectivity index (χ1) is 8.36. The molecular formula is C12H20N4O. The largest absolute Gasteiger partial charge is 0.469 e. The maximum atomic E-state index is 5.72. The Kier molecular flexibility index (Phi) is 3.15. The molecule has 17 heavy (non-hydrogen) atoms. The quantitative estimate of drug-likeness (QED) is 0.553. The minimum absolute atomic E-state index is 0.268. The van der Waals surface area contributed by atoms with Gasteiger partial charge in [-0.3, -0.25) is 21.1 Å². The van der Waals surface area contributed by atoms with E-state index in [0.29, 0.717) is 6.04 Å². The monoisotopic (exact) mass is 236 g/mol. The van der Waals surface area contributed by atoms with Gasteiger partial charge in [0.15, 0.2) is 0 Å². The second-order valence-corrected chi connectivity index (χ2v) is 4.96. The molecule has 0 saturated carbocycles. The standard InChI is InChI=1S/C12H20N4O/c13-14-11(8-10-2-1-7-17-10)12-9-15-3-5-16(12)6-4-15/h1-2,7,11-12,14H,3-6,8-9,13H2. The molecule has 0 aromatic carbocycles. The molecule has 0 radical (unpaired) electrons. The Balaban J connectivity index is 1.68. The molecule has 3 fully saturated rings. The summed E-state index contributed by atoms with van der Waals surface area (Å²) in [5, 5.41) is 0. The summed E-state index contributed by atoms with van der Waals surface area (Å²) >= 11 is 0. The molecule has 3 N–H and O–H groups in total. The average Bonchev–Trinajstić information content (AvgIpc) is 2.90. The molecule has 3 aliphatic heterocycles. The Labute approximate surface area is 102 Å². The van der Waals surface area contributed by atoms with Crippen molar-refractivity contribution in [1.82, 2.24) is 15.2 Å². The number of rotatable bonds is 4. The van der Waals surface area contributed by atoms with Crippen LogP contribution in [0.15, 0.2) is 22.8 Å². The maximum Gasteiger partial charge on any atom is 0.105 e. The smallest absolute Gasteiger partial charge is 0.105 e. The van der Waals surface area contributed by atoms with Crippen LogP contribution in [0.25, 0.3) is 0 Å². The fraction of sp³-hybridized carbons (Fsp3) is 0.667. The number of piperazine rings is 3. The fourth-order valence-electron chi connectivity index (χ4n) is 2.99. The Bertz CT molecular complexity index is 345. The Morgan fingerprint density at radius 3 is 2.76 bits per heavy atom. The molecule has 0 spiro atoms. The molecular weight excluding hydrogens is 216 g/mol. The van der Waals surface area contributed by atoms with Crippen LogP contribution in [0.1, 0.15) is 5.76 Å². The minimum Gasteiger partial charge on any atom is -0.469 e. The highest BCUT2D eigenvalue weighted by molar-refractivity contribution is 5.04. The van der Waals surface area contributed by atoms with Crippen LogP contribution in [-0.2, 0) is 6.42 Å². The van der Waals surface area contributed by atoms with Gasteiger partial charge in [-0.05, 0) is 12.1 Å². The molecule has 3 aliphatic rings. The van der Waals surface area contributed by atoms with Crippen molar-refractivity contribution >= 4 is 0 Å². The number of nitrogens with two attached hydrogens (primary N) is 1. The van der Waals surface area contributed by atoms with Gasteiger partial charge in [0, 0.05) is 51.2 Å². The third-order valence-electron chi connectivity index (χ3n) is 4.00. The summed E-state index contributed by atoms with van der Waals surface area (Å²) in [5.41, 5.74) is 2.97. The first-order valence-electron chi connectivity index (χ1n) is 6.32. The molecule has 0 aliphatic carbocycles. The minimum atomic E-state index is 0.268. The molecule has 2 bridgehead atoms. The van der Waals surface area contributed by atoms with Gasteiger partial charge in [-0.1, -0.05) is 0 Å². The molecule has 3 saturated heterocycles. The number of fused-ring (bicyclic) bond motifs is 3. The predicted octanol–water partition coefficient (Wildman–Crippen LogP) is -0.346.